The van der Waals surface area contributed by atoms with Crippen molar-refractivity contribution in [3.05, 3.63) is 40.2 Å². The summed E-state index contributed by atoms with van der Waals surface area (Å²) in [4.78, 5) is 18.9. The van der Waals surface area contributed by atoms with Crippen molar-refractivity contribution < 1.29 is 13.9 Å². The molecule has 2 aliphatic rings. The van der Waals surface area contributed by atoms with Crippen LogP contribution in [0.15, 0.2) is 28.1 Å². The van der Waals surface area contributed by atoms with Crippen molar-refractivity contribution in [1.82, 2.24) is 15.2 Å². The van der Waals surface area contributed by atoms with E-state index in [1.54, 1.807) is 17.5 Å². The van der Waals surface area contributed by atoms with Gasteiger partial charge in [0.15, 0.2) is 0 Å². The first-order valence-electron chi connectivity index (χ1n) is 8.33. The zero-order valence-corrected chi connectivity index (χ0v) is 14.4. The second-order valence-electron chi connectivity index (χ2n) is 6.39. The molecule has 4 rings (SSSR count). The lowest BCUT2D eigenvalue weighted by atomic mass is 10.2. The highest BCUT2D eigenvalue weighted by atomic mass is 32.1. The first-order valence-corrected chi connectivity index (χ1v) is 9.21. The number of thiazole rings is 1. The quantitative estimate of drug-likeness (QED) is 0.922. The molecule has 2 amide bonds. The molecule has 2 unspecified atom stereocenters. The van der Waals surface area contributed by atoms with Gasteiger partial charge >= 0.3 is 6.03 Å². The molecular weight excluding hydrogens is 326 g/mol. The second-order valence-corrected chi connectivity index (χ2v) is 7.31. The number of urea groups is 1. The second kappa shape index (κ2) is 6.57. The summed E-state index contributed by atoms with van der Waals surface area (Å²) < 4.78 is 11.4. The number of nitrogens with zero attached hydrogens (tertiary/aromatic N) is 2. The highest BCUT2D eigenvalue weighted by molar-refractivity contribution is 7.09. The van der Waals surface area contributed by atoms with Gasteiger partial charge in [0.05, 0.1) is 19.2 Å². The summed E-state index contributed by atoms with van der Waals surface area (Å²) in [5.74, 6) is 2.15. The first-order chi connectivity index (χ1) is 11.7. The number of amides is 2. The summed E-state index contributed by atoms with van der Waals surface area (Å²) in [5.41, 5.74) is 0. The fourth-order valence-corrected chi connectivity index (χ4v) is 3.84. The van der Waals surface area contributed by atoms with Gasteiger partial charge in [0.25, 0.3) is 0 Å². The van der Waals surface area contributed by atoms with Crippen LogP contribution in [-0.2, 0) is 4.74 Å². The third-order valence-electron chi connectivity index (χ3n) is 4.52. The van der Waals surface area contributed by atoms with E-state index in [1.807, 2.05) is 29.3 Å². The number of furan rings is 1. The minimum Gasteiger partial charge on any atom is -0.464 e. The van der Waals surface area contributed by atoms with Crippen LogP contribution in [0.5, 0.6) is 0 Å². The number of hydrogen-bond acceptors (Lipinski definition) is 5. The molecule has 2 aromatic heterocycles. The van der Waals surface area contributed by atoms with Crippen LogP contribution in [0.4, 0.5) is 4.79 Å². The molecule has 2 aromatic rings. The largest absolute Gasteiger partial charge is 0.464 e. The lowest BCUT2D eigenvalue weighted by Gasteiger charge is -2.33. The van der Waals surface area contributed by atoms with Crippen molar-refractivity contribution in [1.29, 1.82) is 0 Å². The number of ether oxygens (including phenoxy) is 1. The molecule has 3 heterocycles. The Kier molecular flexibility index (Phi) is 4.28. The fraction of sp³-hybridized carbons (Fsp3) is 0.529. The Morgan fingerprint density at radius 2 is 2.33 bits per heavy atom. The van der Waals surface area contributed by atoms with Crippen LogP contribution in [0.1, 0.15) is 41.5 Å². The van der Waals surface area contributed by atoms with Gasteiger partial charge < -0.3 is 19.4 Å². The highest BCUT2D eigenvalue weighted by Gasteiger charge is 2.36. The molecule has 7 heteroatoms. The summed E-state index contributed by atoms with van der Waals surface area (Å²) in [6.45, 7) is 3.53. The molecule has 0 radical (unpaired) electrons. The van der Waals surface area contributed by atoms with E-state index in [4.69, 9.17) is 9.15 Å². The van der Waals surface area contributed by atoms with Crippen molar-refractivity contribution >= 4 is 17.4 Å². The Balaban J connectivity index is 1.42. The lowest BCUT2D eigenvalue weighted by Crippen LogP contribution is -2.48. The van der Waals surface area contributed by atoms with Gasteiger partial charge in [-0.2, -0.15) is 0 Å². The van der Waals surface area contributed by atoms with Gasteiger partial charge in [-0.15, -0.1) is 11.3 Å². The molecule has 24 heavy (non-hydrogen) atoms. The van der Waals surface area contributed by atoms with E-state index in [0.717, 1.165) is 29.4 Å². The number of carbonyl (C=O) groups is 1. The topological polar surface area (TPSA) is 67.6 Å². The van der Waals surface area contributed by atoms with Crippen molar-refractivity contribution in [2.24, 2.45) is 5.92 Å². The maximum atomic E-state index is 12.7. The molecular formula is C17H21N3O3S. The monoisotopic (exact) mass is 347 g/mol. The van der Waals surface area contributed by atoms with Crippen molar-refractivity contribution in [2.45, 2.75) is 31.9 Å². The molecule has 0 bridgehead atoms. The lowest BCUT2D eigenvalue weighted by molar-refractivity contribution is -0.0267. The molecule has 128 valence electrons. The summed E-state index contributed by atoms with van der Waals surface area (Å²) in [6, 6.07) is 3.83. The van der Waals surface area contributed by atoms with Crippen LogP contribution in [0.2, 0.25) is 0 Å². The summed E-state index contributed by atoms with van der Waals surface area (Å²) >= 11 is 1.60. The van der Waals surface area contributed by atoms with Gasteiger partial charge in [-0.25, -0.2) is 9.78 Å². The molecule has 1 N–H and O–H groups in total. The summed E-state index contributed by atoms with van der Waals surface area (Å²) in [5, 5.41) is 6.13. The predicted molar refractivity (Wildman–Crippen MR) is 89.8 cm³/mol. The third kappa shape index (κ3) is 3.32. The van der Waals surface area contributed by atoms with Crippen LogP contribution in [0, 0.1) is 12.8 Å². The molecule has 0 aromatic carbocycles. The summed E-state index contributed by atoms with van der Waals surface area (Å²) in [7, 11) is 0. The smallest absolute Gasteiger partial charge is 0.318 e. The van der Waals surface area contributed by atoms with Gasteiger partial charge in [0, 0.05) is 18.1 Å². The van der Waals surface area contributed by atoms with Crippen molar-refractivity contribution in [3.8, 4) is 0 Å². The zero-order valence-electron chi connectivity index (χ0n) is 13.6. The molecule has 1 saturated heterocycles. The van der Waals surface area contributed by atoms with E-state index in [9.17, 15) is 4.79 Å². The third-order valence-corrected chi connectivity index (χ3v) is 5.38. The molecule has 1 aliphatic heterocycles. The molecule has 0 spiro atoms. The van der Waals surface area contributed by atoms with Gasteiger partial charge in [-0.05, 0) is 37.8 Å². The van der Waals surface area contributed by atoms with E-state index in [0.29, 0.717) is 25.6 Å². The molecule has 1 saturated carbocycles. The average molecular weight is 347 g/mol. The SMILES string of the molecule is Cc1ccc(C2CN(C(=O)NC(c3nccs3)C3CC3)CCO2)o1. The van der Waals surface area contributed by atoms with Crippen LogP contribution in [0.25, 0.3) is 0 Å². The van der Waals surface area contributed by atoms with E-state index in [-0.39, 0.29) is 18.2 Å². The maximum absolute atomic E-state index is 12.7. The molecule has 2 atom stereocenters. The number of carbonyl (C=O) groups excluding carboxylic acids is 1. The Morgan fingerprint density at radius 1 is 1.46 bits per heavy atom. The van der Waals surface area contributed by atoms with Gasteiger partial charge in [0.2, 0.25) is 0 Å². The molecule has 2 fully saturated rings. The average Bonchev–Trinajstić information content (AvgIpc) is 3.10. The normalized spacial score (nSPS) is 22.4. The Labute approximate surface area is 144 Å². The van der Waals surface area contributed by atoms with Crippen LogP contribution in [0.3, 0.4) is 0 Å². The van der Waals surface area contributed by atoms with Crippen LogP contribution >= 0.6 is 11.3 Å². The minimum atomic E-state index is -0.197. The molecule has 1 aliphatic carbocycles. The van der Waals surface area contributed by atoms with E-state index >= 15 is 0 Å². The zero-order chi connectivity index (χ0) is 16.5. The van der Waals surface area contributed by atoms with Crippen molar-refractivity contribution in [3.63, 3.8) is 0 Å². The first kappa shape index (κ1) is 15.7. The highest BCUT2D eigenvalue weighted by Crippen LogP contribution is 2.41. The van der Waals surface area contributed by atoms with Gasteiger partial charge in [-0.3, -0.25) is 0 Å². The number of nitrogens with one attached hydrogen (secondary N) is 1. The fourth-order valence-electron chi connectivity index (χ4n) is 3.06. The number of morpholine rings is 1. The summed E-state index contributed by atoms with van der Waals surface area (Å²) in [6.07, 6.45) is 3.91. The van der Waals surface area contributed by atoms with E-state index in [1.165, 1.54) is 0 Å². The van der Waals surface area contributed by atoms with Crippen LogP contribution in [-0.4, -0.2) is 35.6 Å². The van der Waals surface area contributed by atoms with E-state index < -0.39 is 0 Å². The van der Waals surface area contributed by atoms with Crippen molar-refractivity contribution in [2.75, 3.05) is 19.7 Å². The van der Waals surface area contributed by atoms with Gasteiger partial charge in [0.1, 0.15) is 22.6 Å². The minimum absolute atomic E-state index is 0.0321. The number of rotatable bonds is 4. The number of hydrogen-bond donors (Lipinski definition) is 1. The maximum Gasteiger partial charge on any atom is 0.318 e. The Hall–Kier alpha value is -1.86. The number of aryl methyl sites for hydroxylation is 1. The Bertz CT molecular complexity index is 696. The molecule has 6 nitrogen and oxygen atoms in total. The predicted octanol–water partition coefficient (Wildman–Crippen LogP) is 3.28. The Morgan fingerprint density at radius 3 is 3.00 bits per heavy atom. The van der Waals surface area contributed by atoms with Crippen LogP contribution < -0.4 is 5.32 Å². The number of aromatic nitrogens is 1. The van der Waals surface area contributed by atoms with E-state index in [2.05, 4.69) is 10.3 Å². The standard InChI is InChI=1S/C17H21N3O3S/c1-11-2-5-13(23-11)14-10-20(7-8-22-14)17(21)19-15(12-3-4-12)16-18-6-9-24-16/h2,5-6,9,12,14-15H,3-4,7-8,10H2,1H3,(H,19,21). The van der Waals surface area contributed by atoms with Gasteiger partial charge in [-0.1, -0.05) is 0 Å².